The van der Waals surface area contributed by atoms with Crippen LogP contribution in [0.4, 0.5) is 0 Å². The van der Waals surface area contributed by atoms with Crippen LogP contribution in [0.15, 0.2) is 12.1 Å². The maximum Gasteiger partial charge on any atom is 0.127 e. The van der Waals surface area contributed by atoms with Crippen molar-refractivity contribution in [1.29, 1.82) is 0 Å². The summed E-state index contributed by atoms with van der Waals surface area (Å²) in [6.45, 7) is 4.33. The van der Waals surface area contributed by atoms with Gasteiger partial charge >= 0.3 is 0 Å². The molecule has 3 aliphatic carbocycles. The maximum atomic E-state index is 11.1. The minimum atomic E-state index is -0.287. The van der Waals surface area contributed by atoms with Crippen LogP contribution in [-0.4, -0.2) is 28.0 Å². The summed E-state index contributed by atoms with van der Waals surface area (Å²) in [7, 11) is 0. The lowest BCUT2D eigenvalue weighted by atomic mass is 9.60. The van der Waals surface area contributed by atoms with Crippen molar-refractivity contribution in [3.05, 3.63) is 23.3 Å². The van der Waals surface area contributed by atoms with Crippen LogP contribution >= 0.6 is 0 Å². The Labute approximate surface area is 167 Å². The molecule has 3 saturated carbocycles. The van der Waals surface area contributed by atoms with Crippen LogP contribution in [0, 0.1) is 17.8 Å². The quantitative estimate of drug-likeness (QED) is 0.742. The summed E-state index contributed by atoms with van der Waals surface area (Å²) in [6.07, 6.45) is 8.50. The number of phenolic OH excluding ortho intramolecular Hbond substituents is 1. The van der Waals surface area contributed by atoms with Crippen LogP contribution in [-0.2, 0) is 10.3 Å². The van der Waals surface area contributed by atoms with E-state index in [-0.39, 0.29) is 23.2 Å². The Kier molecular flexibility index (Phi) is 3.56. The van der Waals surface area contributed by atoms with Gasteiger partial charge in [0.05, 0.1) is 17.8 Å². The average Bonchev–Trinajstić information content (AvgIpc) is 2.59. The van der Waals surface area contributed by atoms with Crippen LogP contribution in [0.3, 0.4) is 0 Å². The van der Waals surface area contributed by atoms with Gasteiger partial charge in [0.2, 0.25) is 0 Å². The van der Waals surface area contributed by atoms with Gasteiger partial charge in [-0.1, -0.05) is 0 Å². The molecule has 3 unspecified atom stereocenters. The van der Waals surface area contributed by atoms with Gasteiger partial charge in [-0.3, -0.25) is 0 Å². The summed E-state index contributed by atoms with van der Waals surface area (Å²) in [5.41, 5.74) is 1.49. The summed E-state index contributed by atoms with van der Waals surface area (Å²) in [4.78, 5) is 0. The Hall–Kier alpha value is -1.26. The van der Waals surface area contributed by atoms with Gasteiger partial charge in [0.1, 0.15) is 17.1 Å². The zero-order valence-electron chi connectivity index (χ0n) is 17.0. The largest absolute Gasteiger partial charge is 0.508 e. The summed E-state index contributed by atoms with van der Waals surface area (Å²) in [6, 6.07) is 4.13. The minimum Gasteiger partial charge on any atom is -0.508 e. The molecule has 1 aromatic rings. The molecule has 3 heterocycles. The molecule has 0 amide bonds. The van der Waals surface area contributed by atoms with Gasteiger partial charge in [0.15, 0.2) is 0 Å². The fraction of sp³-hybridized carbons (Fsp3) is 0.750. The predicted molar refractivity (Wildman–Crippen MR) is 106 cm³/mol. The monoisotopic (exact) mass is 384 g/mol. The molecule has 0 spiro atoms. The smallest absolute Gasteiger partial charge is 0.127 e. The highest BCUT2D eigenvalue weighted by molar-refractivity contribution is 5.53. The van der Waals surface area contributed by atoms with Crippen molar-refractivity contribution in [3.63, 3.8) is 0 Å². The van der Waals surface area contributed by atoms with Gasteiger partial charge in [0, 0.05) is 17.4 Å². The molecule has 7 rings (SSSR count). The Morgan fingerprint density at radius 1 is 1.00 bits per heavy atom. The maximum absolute atomic E-state index is 11.1. The van der Waals surface area contributed by atoms with E-state index in [1.54, 1.807) is 0 Å². The van der Waals surface area contributed by atoms with Crippen molar-refractivity contribution in [2.24, 2.45) is 17.8 Å². The first-order chi connectivity index (χ1) is 13.3. The molecule has 4 heteroatoms. The van der Waals surface area contributed by atoms with Crippen LogP contribution < -0.4 is 4.74 Å². The zero-order chi connectivity index (χ0) is 19.3. The highest BCUT2D eigenvalue weighted by atomic mass is 16.5. The van der Waals surface area contributed by atoms with E-state index in [0.717, 1.165) is 54.4 Å². The topological polar surface area (TPSA) is 58.9 Å². The van der Waals surface area contributed by atoms with Gasteiger partial charge < -0.3 is 19.7 Å². The number of phenols is 1. The molecular formula is C24H32O4. The van der Waals surface area contributed by atoms with Crippen molar-refractivity contribution in [2.45, 2.75) is 94.5 Å². The SMILES string of the molecule is CC1(C)Oc2cc(C34C[C@@H]5CC(C[C@@H](C5)C3)O4)cc(O)c2[C@@H]2C[C@@H](O)CCC21. The number of fused-ring (bicyclic) bond motifs is 3. The summed E-state index contributed by atoms with van der Waals surface area (Å²) in [5, 5.41) is 21.4. The number of aliphatic hydroxyl groups is 1. The van der Waals surface area contributed by atoms with Gasteiger partial charge in [0.25, 0.3) is 0 Å². The molecule has 2 N–H and O–H groups in total. The molecule has 6 aliphatic rings. The van der Waals surface area contributed by atoms with Crippen LogP contribution in [0.5, 0.6) is 11.5 Å². The van der Waals surface area contributed by atoms with Crippen molar-refractivity contribution in [2.75, 3.05) is 0 Å². The second-order valence-electron chi connectivity index (χ2n) is 10.9. The van der Waals surface area contributed by atoms with Crippen molar-refractivity contribution >= 4 is 0 Å². The first-order valence-electron chi connectivity index (χ1n) is 11.3. The molecular weight excluding hydrogens is 352 g/mol. The minimum absolute atomic E-state index is 0.161. The number of aromatic hydroxyl groups is 1. The lowest BCUT2D eigenvalue weighted by Gasteiger charge is -2.57. The first-order valence-corrected chi connectivity index (χ1v) is 11.3. The highest BCUT2D eigenvalue weighted by Gasteiger charge is 2.54. The van der Waals surface area contributed by atoms with Crippen molar-refractivity contribution < 1.29 is 19.7 Å². The summed E-state index contributed by atoms with van der Waals surface area (Å²) < 4.78 is 13.1. The summed E-state index contributed by atoms with van der Waals surface area (Å²) in [5.74, 6) is 3.17. The third kappa shape index (κ3) is 2.43. The molecule has 1 aromatic carbocycles. The number of benzene rings is 1. The second kappa shape index (κ2) is 5.66. The van der Waals surface area contributed by atoms with Gasteiger partial charge in [-0.25, -0.2) is 0 Å². The van der Waals surface area contributed by atoms with E-state index in [1.807, 2.05) is 6.07 Å². The lowest BCUT2D eigenvalue weighted by Crippen LogP contribution is -2.53. The Morgan fingerprint density at radius 2 is 1.75 bits per heavy atom. The van der Waals surface area contributed by atoms with Crippen molar-refractivity contribution in [3.8, 4) is 11.5 Å². The van der Waals surface area contributed by atoms with Crippen LogP contribution in [0.25, 0.3) is 0 Å². The molecule has 0 aromatic heterocycles. The Morgan fingerprint density at radius 3 is 2.46 bits per heavy atom. The second-order valence-corrected chi connectivity index (χ2v) is 10.9. The Balaban J connectivity index is 1.44. The fourth-order valence-corrected chi connectivity index (χ4v) is 7.66. The molecule has 4 nitrogen and oxygen atoms in total. The van der Waals surface area contributed by atoms with E-state index in [0.29, 0.717) is 24.2 Å². The summed E-state index contributed by atoms with van der Waals surface area (Å²) >= 11 is 0. The molecule has 3 aliphatic heterocycles. The van der Waals surface area contributed by atoms with E-state index in [2.05, 4.69) is 19.9 Å². The molecule has 2 saturated heterocycles. The normalized spacial score (nSPS) is 45.2. The third-order valence-electron chi connectivity index (χ3n) is 8.59. The van der Waals surface area contributed by atoms with Crippen molar-refractivity contribution in [1.82, 2.24) is 0 Å². The number of ether oxygens (including phenoxy) is 2. The molecule has 5 fully saturated rings. The van der Waals surface area contributed by atoms with Gasteiger partial charge in [-0.15, -0.1) is 0 Å². The highest BCUT2D eigenvalue weighted by Crippen LogP contribution is 2.60. The number of rotatable bonds is 1. The number of hydrogen-bond acceptors (Lipinski definition) is 4. The number of aliphatic hydroxyl groups excluding tert-OH is 1. The van der Waals surface area contributed by atoms with E-state index >= 15 is 0 Å². The fourth-order valence-electron chi connectivity index (χ4n) is 7.66. The van der Waals surface area contributed by atoms with Crippen LogP contribution in [0.1, 0.15) is 82.3 Å². The molecule has 7 atom stereocenters. The van der Waals surface area contributed by atoms with E-state index < -0.39 is 0 Å². The molecule has 152 valence electrons. The standard InChI is InChI=1S/C24H32O4/c1-23(2)19-4-3-16(25)10-18(19)22-20(26)8-15(9-21(22)28-23)24-11-13-5-14(12-24)7-17(6-13)27-24/h8-9,13-14,16-19,25-26H,3-7,10-12H2,1-2H3/t13-,14+,16-,17?,18+,19?,24?/m0/s1. The molecule has 4 bridgehead atoms. The third-order valence-corrected chi connectivity index (χ3v) is 8.59. The first kappa shape index (κ1) is 17.6. The van der Waals surface area contributed by atoms with E-state index in [4.69, 9.17) is 9.47 Å². The number of hydrogen-bond donors (Lipinski definition) is 2. The van der Waals surface area contributed by atoms with E-state index in [9.17, 15) is 10.2 Å². The zero-order valence-corrected chi connectivity index (χ0v) is 17.0. The van der Waals surface area contributed by atoms with Gasteiger partial charge in [-0.05, 0) is 94.7 Å². The van der Waals surface area contributed by atoms with Gasteiger partial charge in [-0.2, -0.15) is 0 Å². The lowest BCUT2D eigenvalue weighted by molar-refractivity contribution is -0.226. The average molecular weight is 385 g/mol. The molecule has 28 heavy (non-hydrogen) atoms. The Bertz CT molecular complexity index is 778. The molecule has 0 radical (unpaired) electrons. The predicted octanol–water partition coefficient (Wildman–Crippen LogP) is 4.61. The van der Waals surface area contributed by atoms with Crippen LogP contribution in [0.2, 0.25) is 0 Å². The van der Waals surface area contributed by atoms with E-state index in [1.165, 1.54) is 19.3 Å².